The Kier molecular flexibility index (Phi) is 4.19. The molecule has 1 fully saturated rings. The fourth-order valence-corrected chi connectivity index (χ4v) is 3.47. The number of rotatable bonds is 5. The van der Waals surface area contributed by atoms with Gasteiger partial charge < -0.3 is 10.1 Å². The number of sulfone groups is 1. The quantitative estimate of drug-likeness (QED) is 0.855. The molecule has 0 saturated carbocycles. The third-order valence-electron chi connectivity index (χ3n) is 2.85. The maximum Gasteiger partial charge on any atom is 0.154 e. The van der Waals surface area contributed by atoms with Gasteiger partial charge in [-0.3, -0.25) is 4.98 Å². The zero-order valence-electron chi connectivity index (χ0n) is 10.4. The van der Waals surface area contributed by atoms with Gasteiger partial charge in [-0.05, 0) is 25.1 Å². The summed E-state index contributed by atoms with van der Waals surface area (Å²) in [4.78, 5) is 4.26. The van der Waals surface area contributed by atoms with Crippen molar-refractivity contribution in [3.63, 3.8) is 0 Å². The minimum Gasteiger partial charge on any atom is -0.488 e. The highest BCUT2D eigenvalue weighted by Gasteiger charge is 2.29. The first kappa shape index (κ1) is 13.3. The maximum absolute atomic E-state index is 11.3. The van der Waals surface area contributed by atoms with Gasteiger partial charge in [-0.1, -0.05) is 6.92 Å². The lowest BCUT2D eigenvalue weighted by atomic mass is 10.3. The van der Waals surface area contributed by atoms with Crippen molar-refractivity contribution in [2.75, 3.05) is 18.1 Å². The van der Waals surface area contributed by atoms with Gasteiger partial charge in [0, 0.05) is 6.54 Å². The average molecular weight is 270 g/mol. The van der Waals surface area contributed by atoms with Gasteiger partial charge in [0.1, 0.15) is 11.9 Å². The van der Waals surface area contributed by atoms with Crippen molar-refractivity contribution in [1.82, 2.24) is 10.3 Å². The summed E-state index contributed by atoms with van der Waals surface area (Å²) in [6.07, 6.45) is 2.00. The van der Waals surface area contributed by atoms with Crippen molar-refractivity contribution in [1.29, 1.82) is 0 Å². The Morgan fingerprint density at radius 2 is 2.33 bits per heavy atom. The van der Waals surface area contributed by atoms with E-state index in [1.807, 2.05) is 19.1 Å². The molecule has 1 unspecified atom stereocenters. The molecule has 0 amide bonds. The predicted octanol–water partition coefficient (Wildman–Crippen LogP) is 0.757. The van der Waals surface area contributed by atoms with Crippen LogP contribution in [0, 0.1) is 0 Å². The van der Waals surface area contributed by atoms with E-state index in [0.29, 0.717) is 12.2 Å². The van der Waals surface area contributed by atoms with E-state index in [0.717, 1.165) is 18.8 Å². The van der Waals surface area contributed by atoms with Gasteiger partial charge in [-0.25, -0.2) is 8.42 Å². The molecular formula is C12H18N2O3S. The second kappa shape index (κ2) is 5.67. The van der Waals surface area contributed by atoms with E-state index in [2.05, 4.69) is 10.3 Å². The lowest BCUT2D eigenvalue weighted by Gasteiger charge is -2.11. The SMILES string of the molecule is CCNCc1ccc(OC2CCS(=O)(=O)C2)cn1. The summed E-state index contributed by atoms with van der Waals surface area (Å²) in [6, 6.07) is 3.73. The van der Waals surface area contributed by atoms with Crippen LogP contribution in [0.15, 0.2) is 18.3 Å². The molecule has 1 aromatic rings. The van der Waals surface area contributed by atoms with Crippen LogP contribution in [0.1, 0.15) is 19.0 Å². The minimum atomic E-state index is -2.89. The first-order valence-electron chi connectivity index (χ1n) is 6.12. The van der Waals surface area contributed by atoms with Gasteiger partial charge >= 0.3 is 0 Å². The fraction of sp³-hybridized carbons (Fsp3) is 0.583. The molecule has 0 bridgehead atoms. The molecule has 1 atom stereocenters. The highest BCUT2D eigenvalue weighted by molar-refractivity contribution is 7.91. The highest BCUT2D eigenvalue weighted by Crippen LogP contribution is 2.19. The lowest BCUT2D eigenvalue weighted by molar-refractivity contribution is 0.228. The molecule has 0 spiro atoms. The van der Waals surface area contributed by atoms with Gasteiger partial charge in [0.15, 0.2) is 9.84 Å². The number of hydrogen-bond donors (Lipinski definition) is 1. The van der Waals surface area contributed by atoms with E-state index in [1.54, 1.807) is 6.20 Å². The van der Waals surface area contributed by atoms with Crippen molar-refractivity contribution in [3.05, 3.63) is 24.0 Å². The van der Waals surface area contributed by atoms with Crippen molar-refractivity contribution in [2.24, 2.45) is 0 Å². The van der Waals surface area contributed by atoms with E-state index in [4.69, 9.17) is 4.74 Å². The Morgan fingerprint density at radius 1 is 1.50 bits per heavy atom. The van der Waals surface area contributed by atoms with Crippen LogP contribution in [0.2, 0.25) is 0 Å². The maximum atomic E-state index is 11.3. The first-order valence-corrected chi connectivity index (χ1v) is 7.94. The van der Waals surface area contributed by atoms with Crippen LogP contribution in [0.4, 0.5) is 0 Å². The molecule has 1 aliphatic heterocycles. The zero-order valence-corrected chi connectivity index (χ0v) is 11.2. The Hall–Kier alpha value is -1.14. The van der Waals surface area contributed by atoms with E-state index < -0.39 is 9.84 Å². The van der Waals surface area contributed by atoms with Gasteiger partial charge in [-0.2, -0.15) is 0 Å². The van der Waals surface area contributed by atoms with E-state index >= 15 is 0 Å². The van der Waals surface area contributed by atoms with Gasteiger partial charge in [0.05, 0.1) is 23.4 Å². The van der Waals surface area contributed by atoms with Crippen molar-refractivity contribution in [3.8, 4) is 5.75 Å². The topological polar surface area (TPSA) is 68.3 Å². The Balaban J connectivity index is 1.90. The van der Waals surface area contributed by atoms with Crippen molar-refractivity contribution >= 4 is 9.84 Å². The van der Waals surface area contributed by atoms with Gasteiger partial charge in [-0.15, -0.1) is 0 Å². The molecule has 2 rings (SSSR count). The molecule has 100 valence electrons. The standard InChI is InChI=1S/C12H18N2O3S/c1-2-13-7-10-3-4-11(8-14-10)17-12-5-6-18(15,16)9-12/h3-4,8,12-13H,2,5-7,9H2,1H3. The number of ether oxygens (including phenoxy) is 1. The van der Waals surface area contributed by atoms with Crippen LogP contribution >= 0.6 is 0 Å². The molecule has 1 aromatic heterocycles. The smallest absolute Gasteiger partial charge is 0.154 e. The van der Waals surface area contributed by atoms with Crippen LogP contribution in [0.5, 0.6) is 5.75 Å². The summed E-state index contributed by atoms with van der Waals surface area (Å²) < 4.78 is 28.2. The fourth-order valence-electron chi connectivity index (χ4n) is 1.88. The summed E-state index contributed by atoms with van der Waals surface area (Å²) >= 11 is 0. The monoisotopic (exact) mass is 270 g/mol. The molecule has 0 radical (unpaired) electrons. The molecular weight excluding hydrogens is 252 g/mol. The van der Waals surface area contributed by atoms with Crippen molar-refractivity contribution < 1.29 is 13.2 Å². The number of nitrogens with one attached hydrogen (secondary N) is 1. The molecule has 0 aromatic carbocycles. The van der Waals surface area contributed by atoms with E-state index in [9.17, 15) is 8.42 Å². The summed E-state index contributed by atoms with van der Waals surface area (Å²) in [5, 5.41) is 3.19. The highest BCUT2D eigenvalue weighted by atomic mass is 32.2. The minimum absolute atomic E-state index is 0.117. The molecule has 2 heterocycles. The van der Waals surface area contributed by atoms with E-state index in [1.165, 1.54) is 0 Å². The molecule has 1 aliphatic rings. The number of pyridine rings is 1. The van der Waals surface area contributed by atoms with Crippen molar-refractivity contribution in [2.45, 2.75) is 26.0 Å². The molecule has 5 nitrogen and oxygen atoms in total. The summed E-state index contributed by atoms with van der Waals surface area (Å²) in [6.45, 7) is 3.67. The summed E-state index contributed by atoms with van der Waals surface area (Å²) in [5.74, 6) is 0.979. The van der Waals surface area contributed by atoms with Crippen LogP contribution in [0.3, 0.4) is 0 Å². The largest absolute Gasteiger partial charge is 0.488 e. The second-order valence-corrected chi connectivity index (χ2v) is 6.64. The molecule has 1 N–H and O–H groups in total. The first-order chi connectivity index (χ1) is 8.59. The van der Waals surface area contributed by atoms with Crippen LogP contribution < -0.4 is 10.1 Å². The summed E-state index contributed by atoms with van der Waals surface area (Å²) in [5.41, 5.74) is 0.947. The number of hydrogen-bond acceptors (Lipinski definition) is 5. The van der Waals surface area contributed by atoms with Crippen LogP contribution in [0.25, 0.3) is 0 Å². The molecule has 18 heavy (non-hydrogen) atoms. The number of nitrogens with zero attached hydrogens (tertiary/aromatic N) is 1. The van der Waals surface area contributed by atoms with Crippen LogP contribution in [-0.4, -0.2) is 37.6 Å². The third-order valence-corrected chi connectivity index (χ3v) is 4.58. The summed E-state index contributed by atoms with van der Waals surface area (Å²) in [7, 11) is -2.89. The lowest BCUT2D eigenvalue weighted by Crippen LogP contribution is -2.18. The van der Waals surface area contributed by atoms with E-state index in [-0.39, 0.29) is 17.6 Å². The normalized spacial score (nSPS) is 21.9. The Labute approximate surface area is 107 Å². The van der Waals surface area contributed by atoms with Gasteiger partial charge in [0.25, 0.3) is 0 Å². The predicted molar refractivity (Wildman–Crippen MR) is 69.3 cm³/mol. The Bertz CT molecular complexity index is 485. The van der Waals surface area contributed by atoms with Gasteiger partial charge in [0.2, 0.25) is 0 Å². The second-order valence-electron chi connectivity index (χ2n) is 4.41. The average Bonchev–Trinajstić information content (AvgIpc) is 2.68. The molecule has 0 aliphatic carbocycles. The number of aromatic nitrogens is 1. The molecule has 1 saturated heterocycles. The Morgan fingerprint density at radius 3 is 2.89 bits per heavy atom. The van der Waals surface area contributed by atoms with Crippen LogP contribution in [-0.2, 0) is 16.4 Å². The third kappa shape index (κ3) is 3.68. The zero-order chi connectivity index (χ0) is 13.0. The molecule has 6 heteroatoms.